The molecule has 4 nitrogen and oxygen atoms in total. The number of nitriles is 1. The molecule has 0 unspecified atom stereocenters. The number of fused-ring (bicyclic) bond motifs is 2. The SMILES string of the molecule is N#Cc1ccc(CN2CCC3(CC2)C(=O)Nc2ccc(Cl)cc23)c(F)c1. The van der Waals surface area contributed by atoms with Crippen LogP contribution in [-0.4, -0.2) is 23.9 Å². The van der Waals surface area contributed by atoms with E-state index in [4.69, 9.17) is 16.9 Å². The molecule has 0 radical (unpaired) electrons. The zero-order chi connectivity index (χ0) is 18.3. The first kappa shape index (κ1) is 17.0. The molecule has 0 saturated carbocycles. The molecule has 0 bridgehead atoms. The lowest BCUT2D eigenvalue weighted by atomic mass is 9.73. The van der Waals surface area contributed by atoms with Crippen molar-refractivity contribution in [1.82, 2.24) is 4.90 Å². The third kappa shape index (κ3) is 2.76. The summed E-state index contributed by atoms with van der Waals surface area (Å²) in [5, 5.41) is 12.4. The first-order valence-corrected chi connectivity index (χ1v) is 8.92. The predicted octanol–water partition coefficient (Wildman–Crippen LogP) is 3.84. The fourth-order valence-electron chi connectivity index (χ4n) is 3.96. The molecule has 4 rings (SSSR count). The smallest absolute Gasteiger partial charge is 0.235 e. The van der Waals surface area contributed by atoms with Gasteiger partial charge in [-0.3, -0.25) is 9.69 Å². The van der Waals surface area contributed by atoms with Crippen LogP contribution in [0.4, 0.5) is 10.1 Å². The minimum Gasteiger partial charge on any atom is -0.325 e. The third-order valence-corrected chi connectivity index (χ3v) is 5.70. The second-order valence-electron chi connectivity index (χ2n) is 6.92. The van der Waals surface area contributed by atoms with Gasteiger partial charge in [0.2, 0.25) is 5.91 Å². The van der Waals surface area contributed by atoms with Crippen molar-refractivity contribution in [2.24, 2.45) is 0 Å². The van der Waals surface area contributed by atoms with Crippen LogP contribution in [0.15, 0.2) is 36.4 Å². The van der Waals surface area contributed by atoms with Gasteiger partial charge in [-0.1, -0.05) is 17.7 Å². The molecule has 2 aromatic carbocycles. The van der Waals surface area contributed by atoms with Crippen LogP contribution in [0.2, 0.25) is 5.02 Å². The Labute approximate surface area is 156 Å². The molecule has 2 aromatic rings. The summed E-state index contributed by atoms with van der Waals surface area (Å²) in [6.07, 6.45) is 1.34. The van der Waals surface area contributed by atoms with Crippen LogP contribution in [0.1, 0.15) is 29.5 Å². The van der Waals surface area contributed by atoms with E-state index < -0.39 is 5.41 Å². The Balaban J connectivity index is 1.51. The number of anilines is 1. The normalized spacial score (nSPS) is 18.4. The Morgan fingerprint density at radius 1 is 1.23 bits per heavy atom. The van der Waals surface area contributed by atoms with E-state index in [0.717, 1.165) is 11.3 Å². The lowest BCUT2D eigenvalue weighted by Crippen LogP contribution is -2.46. The number of likely N-dealkylation sites (tertiary alicyclic amines) is 1. The molecule has 26 heavy (non-hydrogen) atoms. The van der Waals surface area contributed by atoms with E-state index in [1.165, 1.54) is 6.07 Å². The molecule has 1 fully saturated rings. The average Bonchev–Trinajstić information content (AvgIpc) is 2.90. The highest BCUT2D eigenvalue weighted by Crippen LogP contribution is 2.45. The van der Waals surface area contributed by atoms with Gasteiger partial charge in [-0.05, 0) is 61.8 Å². The lowest BCUT2D eigenvalue weighted by Gasteiger charge is -2.38. The van der Waals surface area contributed by atoms with Crippen molar-refractivity contribution in [2.45, 2.75) is 24.8 Å². The van der Waals surface area contributed by atoms with Crippen LogP contribution in [0, 0.1) is 17.1 Å². The highest BCUT2D eigenvalue weighted by molar-refractivity contribution is 6.31. The number of piperidine rings is 1. The molecule has 1 amide bonds. The first-order chi connectivity index (χ1) is 12.5. The second-order valence-corrected chi connectivity index (χ2v) is 7.36. The molecule has 0 aromatic heterocycles. The number of benzene rings is 2. The van der Waals surface area contributed by atoms with Crippen molar-refractivity contribution in [2.75, 3.05) is 18.4 Å². The minimum absolute atomic E-state index is 0.0268. The van der Waals surface area contributed by atoms with Crippen molar-refractivity contribution in [3.63, 3.8) is 0 Å². The number of rotatable bonds is 2. The standard InChI is InChI=1S/C20H17ClFN3O/c21-15-3-4-18-16(10-15)20(19(26)24-18)5-7-25(8-6-20)12-14-2-1-13(11-23)9-17(14)22/h1-4,9-10H,5-8,12H2,(H,24,26). The van der Waals surface area contributed by atoms with Crippen molar-refractivity contribution in [3.8, 4) is 6.07 Å². The number of halogens is 2. The van der Waals surface area contributed by atoms with Crippen LogP contribution in [-0.2, 0) is 16.8 Å². The molecule has 1 N–H and O–H groups in total. The summed E-state index contributed by atoms with van der Waals surface area (Å²) in [6, 6.07) is 12.0. The molecule has 2 aliphatic rings. The first-order valence-electron chi connectivity index (χ1n) is 8.54. The van der Waals surface area contributed by atoms with E-state index in [1.54, 1.807) is 18.2 Å². The van der Waals surface area contributed by atoms with Crippen molar-refractivity contribution in [3.05, 3.63) is 63.9 Å². The van der Waals surface area contributed by atoms with Gasteiger partial charge in [0, 0.05) is 22.8 Å². The van der Waals surface area contributed by atoms with Gasteiger partial charge in [0.25, 0.3) is 0 Å². The van der Waals surface area contributed by atoms with E-state index in [0.29, 0.717) is 48.6 Å². The number of hydrogen-bond acceptors (Lipinski definition) is 3. The zero-order valence-electron chi connectivity index (χ0n) is 14.1. The molecule has 1 spiro atoms. The average molecular weight is 370 g/mol. The summed E-state index contributed by atoms with van der Waals surface area (Å²) in [6.45, 7) is 1.86. The second kappa shape index (κ2) is 6.39. The molecule has 0 aliphatic carbocycles. The Morgan fingerprint density at radius 2 is 2.00 bits per heavy atom. The van der Waals surface area contributed by atoms with Gasteiger partial charge >= 0.3 is 0 Å². The maximum absolute atomic E-state index is 14.1. The molecule has 6 heteroatoms. The maximum Gasteiger partial charge on any atom is 0.235 e. The number of hydrogen-bond donors (Lipinski definition) is 1. The Morgan fingerprint density at radius 3 is 2.69 bits per heavy atom. The number of carbonyl (C=O) groups is 1. The van der Waals surface area contributed by atoms with E-state index >= 15 is 0 Å². The molecule has 0 atom stereocenters. The van der Waals surface area contributed by atoms with E-state index in [1.807, 2.05) is 18.2 Å². The van der Waals surface area contributed by atoms with Crippen molar-refractivity contribution >= 4 is 23.2 Å². The van der Waals surface area contributed by atoms with Gasteiger partial charge < -0.3 is 5.32 Å². The van der Waals surface area contributed by atoms with E-state index in [2.05, 4.69) is 10.2 Å². The lowest BCUT2D eigenvalue weighted by molar-refractivity contribution is -0.122. The van der Waals surface area contributed by atoms with Gasteiger partial charge in [0.15, 0.2) is 0 Å². The van der Waals surface area contributed by atoms with Crippen LogP contribution in [0.25, 0.3) is 0 Å². The molecule has 2 heterocycles. The summed E-state index contributed by atoms with van der Waals surface area (Å²) in [4.78, 5) is 14.8. The van der Waals surface area contributed by atoms with Crippen LogP contribution < -0.4 is 5.32 Å². The summed E-state index contributed by atoms with van der Waals surface area (Å²) >= 11 is 6.14. The largest absolute Gasteiger partial charge is 0.325 e. The minimum atomic E-state index is -0.542. The maximum atomic E-state index is 14.1. The number of nitrogens with zero attached hydrogens (tertiary/aromatic N) is 2. The van der Waals surface area contributed by atoms with Gasteiger partial charge in [-0.15, -0.1) is 0 Å². The number of nitrogens with one attached hydrogen (secondary N) is 1. The Kier molecular flexibility index (Phi) is 4.18. The summed E-state index contributed by atoms with van der Waals surface area (Å²) in [7, 11) is 0. The topological polar surface area (TPSA) is 56.1 Å². The summed E-state index contributed by atoms with van der Waals surface area (Å²) < 4.78 is 14.1. The predicted molar refractivity (Wildman–Crippen MR) is 97.4 cm³/mol. The number of carbonyl (C=O) groups excluding carboxylic acids is 1. The van der Waals surface area contributed by atoms with Gasteiger partial charge in [-0.2, -0.15) is 5.26 Å². The van der Waals surface area contributed by atoms with E-state index in [-0.39, 0.29) is 11.7 Å². The Bertz CT molecular complexity index is 929. The highest BCUT2D eigenvalue weighted by atomic mass is 35.5. The summed E-state index contributed by atoms with van der Waals surface area (Å²) in [5.41, 5.74) is 2.16. The molecular weight excluding hydrogens is 353 g/mol. The van der Waals surface area contributed by atoms with Gasteiger partial charge in [-0.25, -0.2) is 4.39 Å². The van der Waals surface area contributed by atoms with Crippen LogP contribution in [0.3, 0.4) is 0 Å². The third-order valence-electron chi connectivity index (χ3n) is 5.47. The quantitative estimate of drug-likeness (QED) is 0.875. The fraction of sp³-hybridized carbons (Fsp3) is 0.300. The van der Waals surface area contributed by atoms with Crippen LogP contribution >= 0.6 is 11.6 Å². The summed E-state index contributed by atoms with van der Waals surface area (Å²) in [5.74, 6) is -0.334. The Hall–Kier alpha value is -2.42. The molecule has 1 saturated heterocycles. The van der Waals surface area contributed by atoms with Gasteiger partial charge in [0.1, 0.15) is 5.82 Å². The van der Waals surface area contributed by atoms with Gasteiger partial charge in [0.05, 0.1) is 17.0 Å². The zero-order valence-corrected chi connectivity index (χ0v) is 14.8. The fourth-order valence-corrected chi connectivity index (χ4v) is 4.13. The van der Waals surface area contributed by atoms with Crippen LogP contribution in [0.5, 0.6) is 0 Å². The van der Waals surface area contributed by atoms with Crippen molar-refractivity contribution < 1.29 is 9.18 Å². The molecule has 132 valence electrons. The molecular formula is C20H17ClFN3O. The monoisotopic (exact) mass is 369 g/mol. The van der Waals surface area contributed by atoms with E-state index in [9.17, 15) is 9.18 Å². The van der Waals surface area contributed by atoms with Crippen molar-refractivity contribution in [1.29, 1.82) is 5.26 Å². The highest BCUT2D eigenvalue weighted by Gasteiger charge is 2.48. The molecule has 2 aliphatic heterocycles. The number of amides is 1.